The van der Waals surface area contributed by atoms with E-state index >= 15 is 0 Å². The molecule has 42 heavy (non-hydrogen) atoms. The monoisotopic (exact) mass is 615 g/mol. The van der Waals surface area contributed by atoms with Crippen molar-refractivity contribution < 1.29 is 46.6 Å². The highest BCUT2D eigenvalue weighted by Gasteiger charge is 2.87. The molecule has 5 rings (SSSR count). The SMILES string of the molecule is CCOC1C[C@]12OC(=O)C1C[C@]12NC(=O)[C@@H]1CCCN1C(=O)[C@@H](NC(=O)c1cccc(OC(F)(F)F)c1Cl)C(C)(C)C. The lowest BCUT2D eigenvalue weighted by Gasteiger charge is -2.36. The van der Waals surface area contributed by atoms with Gasteiger partial charge in [-0.15, -0.1) is 13.2 Å². The zero-order valence-corrected chi connectivity index (χ0v) is 24.4. The van der Waals surface area contributed by atoms with Crippen molar-refractivity contribution in [3.05, 3.63) is 28.8 Å². The number of carbonyl (C=O) groups is 4. The first-order valence-corrected chi connectivity index (χ1v) is 14.2. The molecule has 2 aliphatic carbocycles. The fourth-order valence-corrected chi connectivity index (χ4v) is 6.56. The first kappa shape index (κ1) is 30.4. The van der Waals surface area contributed by atoms with Crippen LogP contribution in [0.3, 0.4) is 0 Å². The van der Waals surface area contributed by atoms with Crippen LogP contribution in [0.15, 0.2) is 18.2 Å². The molecule has 14 heteroatoms. The number of benzene rings is 1. The molecule has 4 aliphatic rings. The topological polar surface area (TPSA) is 123 Å². The molecule has 2 unspecified atom stereocenters. The van der Waals surface area contributed by atoms with Crippen molar-refractivity contribution in [2.45, 2.75) is 89.1 Å². The highest BCUT2D eigenvalue weighted by Crippen LogP contribution is 2.69. The van der Waals surface area contributed by atoms with Gasteiger partial charge in [0.2, 0.25) is 11.8 Å². The number of hydrogen-bond acceptors (Lipinski definition) is 7. The van der Waals surface area contributed by atoms with Crippen LogP contribution in [0.25, 0.3) is 0 Å². The first-order valence-electron chi connectivity index (χ1n) is 13.9. The van der Waals surface area contributed by atoms with Crippen LogP contribution >= 0.6 is 11.6 Å². The van der Waals surface area contributed by atoms with E-state index in [0.29, 0.717) is 32.3 Å². The molecule has 1 spiro atoms. The van der Waals surface area contributed by atoms with Gasteiger partial charge in [-0.05, 0) is 43.7 Å². The molecule has 2 saturated carbocycles. The lowest BCUT2D eigenvalue weighted by Crippen LogP contribution is -2.59. The smallest absolute Gasteiger partial charge is 0.453 e. The number of carbonyl (C=O) groups excluding carboxylic acids is 4. The van der Waals surface area contributed by atoms with Crippen LogP contribution in [0.1, 0.15) is 63.7 Å². The molecule has 6 atom stereocenters. The number of fused-ring (bicyclic) bond motifs is 2. The summed E-state index contributed by atoms with van der Waals surface area (Å²) in [5.74, 6) is -3.39. The van der Waals surface area contributed by atoms with Gasteiger partial charge in [0.1, 0.15) is 23.9 Å². The average molecular weight is 616 g/mol. The van der Waals surface area contributed by atoms with E-state index in [1.54, 1.807) is 20.8 Å². The van der Waals surface area contributed by atoms with Crippen LogP contribution in [0, 0.1) is 11.3 Å². The Kier molecular flexibility index (Phi) is 7.45. The second-order valence-corrected chi connectivity index (χ2v) is 12.7. The van der Waals surface area contributed by atoms with Gasteiger partial charge in [0.05, 0.1) is 22.0 Å². The zero-order chi connectivity index (χ0) is 30.8. The van der Waals surface area contributed by atoms with E-state index in [1.165, 1.54) is 17.0 Å². The Labute approximate surface area is 245 Å². The zero-order valence-electron chi connectivity index (χ0n) is 23.6. The van der Waals surface area contributed by atoms with Crippen LogP contribution < -0.4 is 15.4 Å². The number of nitrogens with one attached hydrogen (secondary N) is 2. The van der Waals surface area contributed by atoms with Gasteiger partial charge in [-0.2, -0.15) is 0 Å². The lowest BCUT2D eigenvalue weighted by molar-refractivity contribution is -0.274. The Hall–Kier alpha value is -3.06. The summed E-state index contributed by atoms with van der Waals surface area (Å²) < 4.78 is 53.6. The number of rotatable bonds is 8. The summed E-state index contributed by atoms with van der Waals surface area (Å²) in [4.78, 5) is 54.6. The maximum Gasteiger partial charge on any atom is 0.573 e. The molecule has 2 aliphatic heterocycles. The molecule has 0 radical (unpaired) electrons. The number of likely N-dealkylation sites (tertiary alicyclic amines) is 1. The molecule has 10 nitrogen and oxygen atoms in total. The number of halogens is 4. The molecule has 2 heterocycles. The van der Waals surface area contributed by atoms with Crippen molar-refractivity contribution in [1.29, 1.82) is 0 Å². The Morgan fingerprint density at radius 3 is 2.55 bits per heavy atom. The number of amides is 3. The summed E-state index contributed by atoms with van der Waals surface area (Å²) >= 11 is 6.07. The Bertz CT molecular complexity index is 1320. The van der Waals surface area contributed by atoms with E-state index in [0.717, 1.165) is 6.07 Å². The molecule has 2 N–H and O–H groups in total. The molecule has 2 saturated heterocycles. The van der Waals surface area contributed by atoms with E-state index in [2.05, 4.69) is 15.4 Å². The largest absolute Gasteiger partial charge is 0.573 e. The molecule has 1 aromatic rings. The summed E-state index contributed by atoms with van der Waals surface area (Å²) in [6, 6.07) is 1.38. The van der Waals surface area contributed by atoms with Crippen molar-refractivity contribution in [2.75, 3.05) is 13.2 Å². The molecule has 0 aromatic heterocycles. The quantitative estimate of drug-likeness (QED) is 0.430. The van der Waals surface area contributed by atoms with Crippen LogP contribution in [0.4, 0.5) is 13.2 Å². The average Bonchev–Trinajstić information content (AvgIpc) is 3.68. The molecule has 4 fully saturated rings. The predicted molar refractivity (Wildman–Crippen MR) is 141 cm³/mol. The van der Waals surface area contributed by atoms with Gasteiger partial charge in [-0.25, -0.2) is 0 Å². The van der Waals surface area contributed by atoms with E-state index in [9.17, 15) is 32.3 Å². The van der Waals surface area contributed by atoms with Gasteiger partial charge >= 0.3 is 12.3 Å². The summed E-state index contributed by atoms with van der Waals surface area (Å²) in [5, 5.41) is 5.09. The molecular formula is C28H33ClF3N3O7. The van der Waals surface area contributed by atoms with Crippen LogP contribution in [-0.4, -0.2) is 77.4 Å². The summed E-state index contributed by atoms with van der Waals surface area (Å²) in [5.41, 5.74) is -2.91. The predicted octanol–water partition coefficient (Wildman–Crippen LogP) is 3.35. The van der Waals surface area contributed by atoms with Crippen LogP contribution in [0.5, 0.6) is 5.75 Å². The molecular weight excluding hydrogens is 583 g/mol. The van der Waals surface area contributed by atoms with E-state index in [4.69, 9.17) is 21.1 Å². The second-order valence-electron chi connectivity index (χ2n) is 12.3. The van der Waals surface area contributed by atoms with E-state index in [-0.39, 0.29) is 24.2 Å². The number of esters is 1. The normalized spacial score (nSPS) is 30.4. The highest BCUT2D eigenvalue weighted by molar-refractivity contribution is 6.35. The number of ether oxygens (including phenoxy) is 3. The standard InChI is InChI=1S/C28H33ClF3N3O7/c1-5-40-18-13-27(18)26(12-15(26)24(39)42-27)34-22(37)16-9-7-11-35(16)23(38)20(25(2,3)4)33-21(36)14-8-6-10-17(19(14)29)41-28(30,31)32/h6,8,10,15-16,18,20H,5,7,9,11-13H2,1-4H3,(H,33,36)(H,34,37)/t15?,16-,18?,20+,26-,27-/m0/s1. The summed E-state index contributed by atoms with van der Waals surface area (Å²) in [6.07, 6.45) is -3.46. The second kappa shape index (κ2) is 10.3. The Morgan fingerprint density at radius 1 is 1.21 bits per heavy atom. The fourth-order valence-electron chi connectivity index (χ4n) is 6.31. The van der Waals surface area contributed by atoms with Gasteiger partial charge in [-0.1, -0.05) is 38.4 Å². The molecule has 230 valence electrons. The van der Waals surface area contributed by atoms with Crippen molar-refractivity contribution in [2.24, 2.45) is 11.3 Å². The third-order valence-corrected chi connectivity index (χ3v) is 8.90. The summed E-state index contributed by atoms with van der Waals surface area (Å²) in [6.45, 7) is 7.68. The minimum Gasteiger partial charge on any atom is -0.453 e. The third kappa shape index (κ3) is 5.18. The summed E-state index contributed by atoms with van der Waals surface area (Å²) in [7, 11) is 0. The van der Waals surface area contributed by atoms with E-state index < -0.39 is 69.4 Å². The van der Waals surface area contributed by atoms with Gasteiger partial charge in [0.15, 0.2) is 5.60 Å². The Balaban J connectivity index is 1.32. The fraction of sp³-hybridized carbons (Fsp3) is 0.643. The van der Waals surface area contributed by atoms with E-state index in [1.807, 2.05) is 6.92 Å². The maximum atomic E-state index is 13.9. The molecule has 1 aromatic carbocycles. The minimum atomic E-state index is -5.02. The van der Waals surface area contributed by atoms with Crippen molar-refractivity contribution in [1.82, 2.24) is 15.5 Å². The lowest BCUT2D eigenvalue weighted by atomic mass is 9.85. The van der Waals surface area contributed by atoms with Gasteiger partial charge < -0.3 is 29.7 Å². The number of hydrogen-bond donors (Lipinski definition) is 2. The van der Waals surface area contributed by atoms with Gasteiger partial charge in [0, 0.05) is 19.6 Å². The van der Waals surface area contributed by atoms with Gasteiger partial charge in [0.25, 0.3) is 5.91 Å². The van der Waals surface area contributed by atoms with Gasteiger partial charge in [-0.3, -0.25) is 19.2 Å². The molecule has 3 amide bonds. The van der Waals surface area contributed by atoms with Crippen LogP contribution in [0.2, 0.25) is 5.02 Å². The van der Waals surface area contributed by atoms with Crippen LogP contribution in [-0.2, 0) is 23.9 Å². The highest BCUT2D eigenvalue weighted by atomic mass is 35.5. The van der Waals surface area contributed by atoms with Crippen molar-refractivity contribution in [3.8, 4) is 5.75 Å². The van der Waals surface area contributed by atoms with Crippen molar-refractivity contribution >= 4 is 35.3 Å². The van der Waals surface area contributed by atoms with Crippen molar-refractivity contribution in [3.63, 3.8) is 0 Å². The number of nitrogens with zero attached hydrogens (tertiary/aromatic N) is 1. The molecule has 0 bridgehead atoms. The third-order valence-electron chi connectivity index (χ3n) is 8.51. The first-order chi connectivity index (χ1) is 19.5. The minimum absolute atomic E-state index is 0.258. The Morgan fingerprint density at radius 2 is 1.93 bits per heavy atom. The number of alkyl halides is 3. The maximum absolute atomic E-state index is 13.9.